The Labute approximate surface area is 124 Å². The van der Waals surface area contributed by atoms with Crippen molar-refractivity contribution in [2.24, 2.45) is 0 Å². The van der Waals surface area contributed by atoms with Crippen LogP contribution in [0.3, 0.4) is 0 Å². The molecular formula is C15H10BrNO3. The Morgan fingerprint density at radius 3 is 2.40 bits per heavy atom. The zero-order chi connectivity index (χ0) is 14.5. The van der Waals surface area contributed by atoms with Gasteiger partial charge in [-0.2, -0.15) is 5.26 Å². The Morgan fingerprint density at radius 2 is 1.85 bits per heavy atom. The van der Waals surface area contributed by atoms with Crippen molar-refractivity contribution < 1.29 is 14.6 Å². The maximum Gasteiger partial charge on any atom is 0.307 e. The highest BCUT2D eigenvalue weighted by molar-refractivity contribution is 9.10. The lowest BCUT2D eigenvalue weighted by atomic mass is 10.1. The summed E-state index contributed by atoms with van der Waals surface area (Å²) in [4.78, 5) is 10.6. The van der Waals surface area contributed by atoms with Crippen molar-refractivity contribution >= 4 is 21.9 Å². The third-order valence-electron chi connectivity index (χ3n) is 2.58. The van der Waals surface area contributed by atoms with Gasteiger partial charge in [-0.15, -0.1) is 0 Å². The minimum absolute atomic E-state index is 0.0112. The maximum absolute atomic E-state index is 10.6. The van der Waals surface area contributed by atoms with Gasteiger partial charge in [-0.25, -0.2) is 0 Å². The first-order valence-corrected chi connectivity index (χ1v) is 6.56. The summed E-state index contributed by atoms with van der Waals surface area (Å²) in [7, 11) is 0. The van der Waals surface area contributed by atoms with E-state index < -0.39 is 5.97 Å². The predicted octanol–water partition coefficient (Wildman–Crippen LogP) is 3.74. The fourth-order valence-corrected chi connectivity index (χ4v) is 2.08. The van der Waals surface area contributed by atoms with Gasteiger partial charge < -0.3 is 9.84 Å². The summed E-state index contributed by atoms with van der Waals surface area (Å²) in [6.07, 6.45) is -0.0112. The van der Waals surface area contributed by atoms with E-state index in [1.54, 1.807) is 42.5 Å². The van der Waals surface area contributed by atoms with Gasteiger partial charge >= 0.3 is 5.97 Å². The normalized spacial score (nSPS) is 9.80. The number of ether oxygens (including phenoxy) is 1. The summed E-state index contributed by atoms with van der Waals surface area (Å²) in [5, 5.41) is 17.5. The van der Waals surface area contributed by atoms with E-state index in [1.165, 1.54) is 0 Å². The Bertz CT molecular complexity index is 675. The van der Waals surface area contributed by atoms with E-state index in [0.717, 1.165) is 0 Å². The molecule has 0 spiro atoms. The van der Waals surface area contributed by atoms with Crippen molar-refractivity contribution in [2.45, 2.75) is 6.42 Å². The van der Waals surface area contributed by atoms with Crippen LogP contribution < -0.4 is 4.74 Å². The molecule has 0 atom stereocenters. The van der Waals surface area contributed by atoms with Crippen LogP contribution in [-0.4, -0.2) is 11.1 Å². The summed E-state index contributed by atoms with van der Waals surface area (Å²) in [5.41, 5.74) is 1.25. The maximum atomic E-state index is 10.6. The second kappa shape index (κ2) is 6.22. The van der Waals surface area contributed by atoms with Crippen molar-refractivity contribution in [3.63, 3.8) is 0 Å². The molecular weight excluding hydrogens is 322 g/mol. The van der Waals surface area contributed by atoms with Gasteiger partial charge in [0.1, 0.15) is 17.6 Å². The van der Waals surface area contributed by atoms with Crippen LogP contribution in [-0.2, 0) is 11.2 Å². The highest BCUT2D eigenvalue weighted by Gasteiger charge is 2.04. The molecule has 0 aliphatic carbocycles. The van der Waals surface area contributed by atoms with Gasteiger partial charge in [0.2, 0.25) is 0 Å². The molecule has 5 heteroatoms. The summed E-state index contributed by atoms with van der Waals surface area (Å²) >= 11 is 3.29. The smallest absolute Gasteiger partial charge is 0.307 e. The van der Waals surface area contributed by atoms with Gasteiger partial charge in [0.25, 0.3) is 0 Å². The third-order valence-corrected chi connectivity index (χ3v) is 3.23. The number of halogens is 1. The molecule has 0 aliphatic heterocycles. The Kier molecular flexibility index (Phi) is 4.38. The molecule has 20 heavy (non-hydrogen) atoms. The number of carbonyl (C=O) groups is 1. The molecule has 0 aliphatic rings. The van der Waals surface area contributed by atoms with E-state index in [9.17, 15) is 4.79 Å². The molecule has 0 saturated heterocycles. The minimum Gasteiger partial charge on any atom is -0.481 e. The predicted molar refractivity (Wildman–Crippen MR) is 76.7 cm³/mol. The molecule has 0 unspecified atom stereocenters. The average molecular weight is 332 g/mol. The van der Waals surface area contributed by atoms with E-state index in [2.05, 4.69) is 22.0 Å². The van der Waals surface area contributed by atoms with Crippen LogP contribution in [0.5, 0.6) is 11.5 Å². The first-order valence-electron chi connectivity index (χ1n) is 5.77. The van der Waals surface area contributed by atoms with Crippen molar-refractivity contribution in [3.8, 4) is 17.6 Å². The number of hydrogen-bond acceptors (Lipinski definition) is 3. The standard InChI is InChI=1S/C15H10BrNO3/c16-14-8-13(6-3-11(14)9-17)20-12-4-1-10(2-5-12)7-15(18)19/h1-6,8H,7H2,(H,18,19). The highest BCUT2D eigenvalue weighted by atomic mass is 79.9. The first-order chi connectivity index (χ1) is 9.58. The van der Waals surface area contributed by atoms with Gasteiger partial charge in [-0.05, 0) is 51.8 Å². The molecule has 0 heterocycles. The van der Waals surface area contributed by atoms with Crippen molar-refractivity contribution in [1.82, 2.24) is 0 Å². The lowest BCUT2D eigenvalue weighted by Gasteiger charge is -2.07. The molecule has 1 N–H and O–H groups in total. The van der Waals surface area contributed by atoms with Gasteiger partial charge in [-0.3, -0.25) is 4.79 Å². The molecule has 4 nitrogen and oxygen atoms in total. The average Bonchev–Trinajstić information content (AvgIpc) is 2.41. The molecule has 0 radical (unpaired) electrons. The second-order valence-corrected chi connectivity index (χ2v) is 4.92. The van der Waals surface area contributed by atoms with Gasteiger partial charge in [0.15, 0.2) is 0 Å². The van der Waals surface area contributed by atoms with Crippen LogP contribution >= 0.6 is 15.9 Å². The quantitative estimate of drug-likeness (QED) is 0.926. The summed E-state index contributed by atoms with van der Waals surface area (Å²) in [6.45, 7) is 0. The fourth-order valence-electron chi connectivity index (χ4n) is 1.64. The SMILES string of the molecule is N#Cc1ccc(Oc2ccc(CC(=O)O)cc2)cc1Br. The number of carboxylic acids is 1. The number of aliphatic carboxylic acids is 1. The summed E-state index contributed by atoms with van der Waals surface area (Å²) in [5.74, 6) is 0.340. The number of carboxylic acid groups (broad SMARTS) is 1. The Balaban J connectivity index is 2.12. The van der Waals surface area contributed by atoms with Crippen LogP contribution in [0.15, 0.2) is 46.9 Å². The van der Waals surface area contributed by atoms with E-state index in [0.29, 0.717) is 27.1 Å². The molecule has 2 aromatic carbocycles. The highest BCUT2D eigenvalue weighted by Crippen LogP contribution is 2.27. The van der Waals surface area contributed by atoms with Crippen molar-refractivity contribution in [1.29, 1.82) is 5.26 Å². The molecule has 0 saturated carbocycles. The monoisotopic (exact) mass is 331 g/mol. The van der Waals surface area contributed by atoms with Crippen LogP contribution in [0, 0.1) is 11.3 Å². The lowest BCUT2D eigenvalue weighted by Crippen LogP contribution is -1.99. The van der Waals surface area contributed by atoms with Crippen LogP contribution in [0.2, 0.25) is 0 Å². The van der Waals surface area contributed by atoms with E-state index >= 15 is 0 Å². The third kappa shape index (κ3) is 3.59. The molecule has 0 amide bonds. The number of nitriles is 1. The molecule has 2 aromatic rings. The first kappa shape index (κ1) is 14.1. The summed E-state index contributed by atoms with van der Waals surface area (Å²) in [6, 6.07) is 14.0. The lowest BCUT2D eigenvalue weighted by molar-refractivity contribution is -0.136. The van der Waals surface area contributed by atoms with Gasteiger partial charge in [0, 0.05) is 4.47 Å². The molecule has 0 bridgehead atoms. The van der Waals surface area contributed by atoms with Crippen LogP contribution in [0.25, 0.3) is 0 Å². The summed E-state index contributed by atoms with van der Waals surface area (Å²) < 4.78 is 6.30. The van der Waals surface area contributed by atoms with E-state index in [1.807, 2.05) is 0 Å². The number of rotatable bonds is 4. The van der Waals surface area contributed by atoms with Gasteiger partial charge in [-0.1, -0.05) is 12.1 Å². The fraction of sp³-hybridized carbons (Fsp3) is 0.0667. The van der Waals surface area contributed by atoms with Crippen LogP contribution in [0.4, 0.5) is 0 Å². The molecule has 100 valence electrons. The van der Waals surface area contributed by atoms with Crippen LogP contribution in [0.1, 0.15) is 11.1 Å². The van der Waals surface area contributed by atoms with Crippen molar-refractivity contribution in [3.05, 3.63) is 58.1 Å². The number of hydrogen-bond donors (Lipinski definition) is 1. The van der Waals surface area contributed by atoms with E-state index in [4.69, 9.17) is 15.1 Å². The molecule has 2 rings (SSSR count). The molecule has 0 aromatic heterocycles. The zero-order valence-electron chi connectivity index (χ0n) is 10.3. The Morgan fingerprint density at radius 1 is 1.20 bits per heavy atom. The number of nitrogens with zero attached hydrogens (tertiary/aromatic N) is 1. The number of benzene rings is 2. The topological polar surface area (TPSA) is 70.3 Å². The Hall–Kier alpha value is -2.32. The van der Waals surface area contributed by atoms with E-state index in [-0.39, 0.29) is 6.42 Å². The van der Waals surface area contributed by atoms with Gasteiger partial charge in [0.05, 0.1) is 12.0 Å². The minimum atomic E-state index is -0.866. The zero-order valence-corrected chi connectivity index (χ0v) is 11.9. The second-order valence-electron chi connectivity index (χ2n) is 4.07. The largest absolute Gasteiger partial charge is 0.481 e. The molecule has 0 fully saturated rings. The van der Waals surface area contributed by atoms with Crippen molar-refractivity contribution in [2.75, 3.05) is 0 Å².